The third-order valence-electron chi connectivity index (χ3n) is 2.96. The van der Waals surface area contributed by atoms with Crippen molar-refractivity contribution in [3.05, 3.63) is 41.2 Å². The number of carbonyl (C=O) groups is 1. The first-order valence-electron chi connectivity index (χ1n) is 6.17. The van der Waals surface area contributed by atoms with E-state index in [-0.39, 0.29) is 5.91 Å². The first-order valence-corrected chi connectivity index (χ1v) is 6.17. The Morgan fingerprint density at radius 3 is 2.79 bits per heavy atom. The van der Waals surface area contributed by atoms with Gasteiger partial charge in [0.1, 0.15) is 0 Å². The molecule has 0 aliphatic heterocycles. The van der Waals surface area contributed by atoms with Crippen molar-refractivity contribution in [1.82, 2.24) is 10.2 Å². The van der Waals surface area contributed by atoms with Gasteiger partial charge in [-0.15, -0.1) is 0 Å². The zero-order valence-electron chi connectivity index (χ0n) is 11.4. The summed E-state index contributed by atoms with van der Waals surface area (Å²) in [6.45, 7) is 6.22. The maximum absolute atomic E-state index is 11.1. The van der Waals surface area contributed by atoms with Crippen LogP contribution in [0.1, 0.15) is 23.7 Å². The molecule has 0 aliphatic rings. The highest BCUT2D eigenvalue weighted by molar-refractivity contribution is 5.89. The summed E-state index contributed by atoms with van der Waals surface area (Å²) in [6.07, 6.45) is 1.81. The highest BCUT2D eigenvalue weighted by atomic mass is 16.1. The molecule has 2 rings (SSSR count). The molecule has 0 bridgehead atoms. The normalized spacial score (nSPS) is 10.3. The van der Waals surface area contributed by atoms with E-state index in [1.54, 1.807) is 0 Å². The Morgan fingerprint density at radius 2 is 2.16 bits per heavy atom. The summed E-state index contributed by atoms with van der Waals surface area (Å²) in [5.74, 6) is -0.0690. The number of anilines is 2. The van der Waals surface area contributed by atoms with Crippen LogP contribution in [-0.4, -0.2) is 16.1 Å². The van der Waals surface area contributed by atoms with Crippen molar-refractivity contribution in [2.24, 2.45) is 0 Å². The fourth-order valence-corrected chi connectivity index (χ4v) is 1.84. The summed E-state index contributed by atoms with van der Waals surface area (Å²) in [6, 6.07) is 5.81. The molecule has 0 atom stereocenters. The van der Waals surface area contributed by atoms with E-state index >= 15 is 0 Å². The molecule has 0 unspecified atom stereocenters. The van der Waals surface area contributed by atoms with Crippen LogP contribution in [0.4, 0.5) is 11.4 Å². The molecule has 1 heterocycles. The summed E-state index contributed by atoms with van der Waals surface area (Å²) >= 11 is 0. The maximum Gasteiger partial charge on any atom is 0.221 e. The van der Waals surface area contributed by atoms with Gasteiger partial charge in [0.2, 0.25) is 5.91 Å². The lowest BCUT2D eigenvalue weighted by atomic mass is 10.1. The van der Waals surface area contributed by atoms with E-state index in [0.717, 1.165) is 28.2 Å². The fraction of sp³-hybridized carbons (Fsp3) is 0.286. The lowest BCUT2D eigenvalue weighted by Gasteiger charge is -2.11. The molecule has 19 heavy (non-hydrogen) atoms. The third kappa shape index (κ3) is 3.34. The zero-order chi connectivity index (χ0) is 13.8. The summed E-state index contributed by atoms with van der Waals surface area (Å²) in [7, 11) is 0. The van der Waals surface area contributed by atoms with Crippen molar-refractivity contribution >= 4 is 17.3 Å². The maximum atomic E-state index is 11.1. The molecule has 0 saturated heterocycles. The molecular formula is C14H18N4O. The summed E-state index contributed by atoms with van der Waals surface area (Å²) in [4.78, 5) is 11.1. The van der Waals surface area contributed by atoms with Gasteiger partial charge in [0, 0.05) is 36.1 Å². The Labute approximate surface area is 112 Å². The highest BCUT2D eigenvalue weighted by Gasteiger charge is 2.04. The van der Waals surface area contributed by atoms with Gasteiger partial charge in [0.15, 0.2) is 0 Å². The number of aromatic amines is 1. The molecular weight excluding hydrogens is 240 g/mol. The largest absolute Gasteiger partial charge is 0.381 e. The number of amides is 1. The van der Waals surface area contributed by atoms with E-state index in [9.17, 15) is 4.79 Å². The number of hydrogen-bond donors (Lipinski definition) is 3. The van der Waals surface area contributed by atoms with Gasteiger partial charge in [0.05, 0.1) is 6.20 Å². The number of rotatable bonds is 4. The lowest BCUT2D eigenvalue weighted by molar-refractivity contribution is -0.114. The van der Waals surface area contributed by atoms with Crippen LogP contribution < -0.4 is 10.6 Å². The number of aromatic nitrogens is 2. The number of H-pyrrole nitrogens is 1. The van der Waals surface area contributed by atoms with Gasteiger partial charge in [-0.1, -0.05) is 6.07 Å². The van der Waals surface area contributed by atoms with Crippen LogP contribution in [0.25, 0.3) is 0 Å². The molecule has 5 heteroatoms. The first-order chi connectivity index (χ1) is 9.06. The summed E-state index contributed by atoms with van der Waals surface area (Å²) < 4.78 is 0. The number of hydrogen-bond acceptors (Lipinski definition) is 3. The van der Waals surface area contributed by atoms with Crippen molar-refractivity contribution in [2.45, 2.75) is 27.3 Å². The number of nitrogens with one attached hydrogen (secondary N) is 3. The van der Waals surface area contributed by atoms with Crippen molar-refractivity contribution in [3.8, 4) is 0 Å². The minimum Gasteiger partial charge on any atom is -0.381 e. The Balaban J connectivity index is 2.11. The molecule has 1 aromatic carbocycles. The van der Waals surface area contributed by atoms with Crippen LogP contribution in [0.2, 0.25) is 0 Å². The van der Waals surface area contributed by atoms with E-state index in [2.05, 4.69) is 20.8 Å². The molecule has 0 spiro atoms. The number of carbonyl (C=O) groups excluding carboxylic acids is 1. The average molecular weight is 258 g/mol. The van der Waals surface area contributed by atoms with E-state index in [4.69, 9.17) is 0 Å². The van der Waals surface area contributed by atoms with Gasteiger partial charge in [-0.3, -0.25) is 9.89 Å². The number of benzene rings is 1. The lowest BCUT2D eigenvalue weighted by Crippen LogP contribution is -2.07. The standard InChI is InChI=1S/C14H18N4O/c1-9-4-5-13(17-11(3)19)6-14(9)15-7-12-8-16-18-10(12)2/h4-6,8,15H,7H2,1-3H3,(H,16,18)(H,17,19). The van der Waals surface area contributed by atoms with Crippen molar-refractivity contribution < 1.29 is 4.79 Å². The van der Waals surface area contributed by atoms with Crippen LogP contribution in [0.3, 0.4) is 0 Å². The van der Waals surface area contributed by atoms with Crippen LogP contribution >= 0.6 is 0 Å². The van der Waals surface area contributed by atoms with Crippen molar-refractivity contribution in [2.75, 3.05) is 10.6 Å². The van der Waals surface area contributed by atoms with Crippen molar-refractivity contribution in [1.29, 1.82) is 0 Å². The Hall–Kier alpha value is -2.30. The molecule has 0 saturated carbocycles. The van der Waals surface area contributed by atoms with Gasteiger partial charge in [-0.25, -0.2) is 0 Å². The fourth-order valence-electron chi connectivity index (χ4n) is 1.84. The predicted octanol–water partition coefficient (Wildman–Crippen LogP) is 2.60. The second-order valence-corrected chi connectivity index (χ2v) is 4.58. The molecule has 5 nitrogen and oxygen atoms in total. The molecule has 0 fully saturated rings. The molecule has 1 amide bonds. The molecule has 1 aromatic heterocycles. The predicted molar refractivity (Wildman–Crippen MR) is 76.1 cm³/mol. The van der Waals surface area contributed by atoms with Crippen LogP contribution in [0, 0.1) is 13.8 Å². The first kappa shape index (κ1) is 13.1. The smallest absolute Gasteiger partial charge is 0.221 e. The monoisotopic (exact) mass is 258 g/mol. The van der Waals surface area contributed by atoms with Crippen LogP contribution in [0.5, 0.6) is 0 Å². The Morgan fingerprint density at radius 1 is 1.37 bits per heavy atom. The Kier molecular flexibility index (Phi) is 3.85. The summed E-state index contributed by atoms with van der Waals surface area (Å²) in [5, 5.41) is 13.0. The quantitative estimate of drug-likeness (QED) is 0.789. The third-order valence-corrected chi connectivity index (χ3v) is 2.96. The zero-order valence-corrected chi connectivity index (χ0v) is 11.4. The summed E-state index contributed by atoms with van der Waals surface area (Å²) in [5.41, 5.74) is 5.12. The molecule has 2 aromatic rings. The van der Waals surface area contributed by atoms with E-state index < -0.39 is 0 Å². The Bertz CT molecular complexity index is 589. The average Bonchev–Trinajstić information content (AvgIpc) is 2.75. The second kappa shape index (κ2) is 5.56. The molecule has 100 valence electrons. The molecule has 0 radical (unpaired) electrons. The van der Waals surface area contributed by atoms with Crippen LogP contribution in [-0.2, 0) is 11.3 Å². The molecule has 3 N–H and O–H groups in total. The highest BCUT2D eigenvalue weighted by Crippen LogP contribution is 2.21. The molecule has 0 aliphatic carbocycles. The number of nitrogens with zero attached hydrogens (tertiary/aromatic N) is 1. The van der Waals surface area contributed by atoms with Gasteiger partial charge in [-0.2, -0.15) is 5.10 Å². The van der Waals surface area contributed by atoms with Gasteiger partial charge < -0.3 is 10.6 Å². The minimum absolute atomic E-state index is 0.0690. The van der Waals surface area contributed by atoms with E-state index in [1.165, 1.54) is 6.92 Å². The topological polar surface area (TPSA) is 69.8 Å². The van der Waals surface area contributed by atoms with Gasteiger partial charge >= 0.3 is 0 Å². The second-order valence-electron chi connectivity index (χ2n) is 4.58. The minimum atomic E-state index is -0.0690. The SMILES string of the molecule is CC(=O)Nc1ccc(C)c(NCc2cn[nH]c2C)c1. The number of aryl methyl sites for hydroxylation is 2. The van der Waals surface area contributed by atoms with Gasteiger partial charge in [-0.05, 0) is 31.5 Å². The van der Waals surface area contributed by atoms with Gasteiger partial charge in [0.25, 0.3) is 0 Å². The van der Waals surface area contributed by atoms with Crippen LogP contribution in [0.15, 0.2) is 24.4 Å². The van der Waals surface area contributed by atoms with E-state index in [0.29, 0.717) is 6.54 Å². The van der Waals surface area contributed by atoms with Crippen molar-refractivity contribution in [3.63, 3.8) is 0 Å². The van der Waals surface area contributed by atoms with E-state index in [1.807, 2.05) is 38.2 Å².